The third-order valence-electron chi connectivity index (χ3n) is 4.74. The monoisotopic (exact) mass is 239 g/mol. The van der Waals surface area contributed by atoms with E-state index in [0.29, 0.717) is 11.5 Å². The Labute approximate surface area is 107 Å². The van der Waals surface area contributed by atoms with Crippen molar-refractivity contribution in [3.8, 4) is 0 Å². The van der Waals surface area contributed by atoms with Crippen LogP contribution in [0.2, 0.25) is 0 Å². The maximum Gasteiger partial charge on any atom is 0.0255 e. The molecule has 2 atom stereocenters. The second-order valence-corrected chi connectivity index (χ2v) is 6.71. The van der Waals surface area contributed by atoms with Crippen LogP contribution in [0, 0.1) is 5.41 Å². The van der Waals surface area contributed by atoms with Crippen LogP contribution in [-0.4, -0.2) is 62.2 Å². The molecule has 1 saturated carbocycles. The average molecular weight is 239 g/mol. The van der Waals surface area contributed by atoms with Crippen molar-refractivity contribution in [1.82, 2.24) is 15.1 Å². The lowest BCUT2D eigenvalue weighted by Crippen LogP contribution is -2.58. The summed E-state index contributed by atoms with van der Waals surface area (Å²) in [5, 5.41) is 3.55. The lowest BCUT2D eigenvalue weighted by atomic mass is 9.72. The molecule has 2 aliphatic rings. The molecule has 3 heteroatoms. The van der Waals surface area contributed by atoms with Crippen LogP contribution in [0.5, 0.6) is 0 Å². The van der Waals surface area contributed by atoms with Gasteiger partial charge in [-0.15, -0.1) is 0 Å². The van der Waals surface area contributed by atoms with Crippen molar-refractivity contribution in [2.75, 3.05) is 40.3 Å². The Kier molecular flexibility index (Phi) is 4.11. The molecule has 2 fully saturated rings. The van der Waals surface area contributed by atoms with Crippen LogP contribution in [0.15, 0.2) is 0 Å². The van der Waals surface area contributed by atoms with Crippen molar-refractivity contribution in [3.63, 3.8) is 0 Å². The van der Waals surface area contributed by atoms with Crippen molar-refractivity contribution >= 4 is 0 Å². The molecule has 1 saturated heterocycles. The van der Waals surface area contributed by atoms with Gasteiger partial charge in [0.05, 0.1) is 0 Å². The molecule has 1 heterocycles. The van der Waals surface area contributed by atoms with Crippen molar-refractivity contribution in [3.05, 3.63) is 0 Å². The summed E-state index contributed by atoms with van der Waals surface area (Å²) in [6.45, 7) is 9.81. The van der Waals surface area contributed by atoms with Gasteiger partial charge in [-0.05, 0) is 38.8 Å². The van der Waals surface area contributed by atoms with Gasteiger partial charge in [0.2, 0.25) is 0 Å². The Morgan fingerprint density at radius 3 is 2.35 bits per heavy atom. The molecule has 0 spiro atoms. The van der Waals surface area contributed by atoms with E-state index in [2.05, 4.69) is 43.1 Å². The Bertz CT molecular complexity index is 244. The van der Waals surface area contributed by atoms with E-state index in [0.717, 1.165) is 6.04 Å². The van der Waals surface area contributed by atoms with E-state index in [1.807, 2.05) is 0 Å². The second kappa shape index (κ2) is 5.25. The highest BCUT2D eigenvalue weighted by Crippen LogP contribution is 2.37. The summed E-state index contributed by atoms with van der Waals surface area (Å²) < 4.78 is 0. The predicted octanol–water partition coefficient (Wildman–Crippen LogP) is 1.40. The largest absolute Gasteiger partial charge is 0.315 e. The van der Waals surface area contributed by atoms with Crippen LogP contribution in [0.4, 0.5) is 0 Å². The van der Waals surface area contributed by atoms with E-state index >= 15 is 0 Å². The maximum absolute atomic E-state index is 3.55. The number of nitrogens with zero attached hydrogens (tertiary/aromatic N) is 2. The first-order valence-corrected chi connectivity index (χ1v) is 7.12. The molecule has 0 radical (unpaired) electrons. The molecule has 0 amide bonds. The normalized spacial score (nSPS) is 36.0. The highest BCUT2D eigenvalue weighted by molar-refractivity contribution is 4.95. The number of rotatable bonds is 2. The van der Waals surface area contributed by atoms with Gasteiger partial charge in [0.1, 0.15) is 0 Å². The fourth-order valence-corrected chi connectivity index (χ4v) is 3.42. The smallest absolute Gasteiger partial charge is 0.0255 e. The summed E-state index contributed by atoms with van der Waals surface area (Å²) >= 11 is 0. The van der Waals surface area contributed by atoms with Gasteiger partial charge in [-0.2, -0.15) is 0 Å². The molecule has 2 rings (SSSR count). The third-order valence-corrected chi connectivity index (χ3v) is 4.74. The Hall–Kier alpha value is -0.120. The van der Waals surface area contributed by atoms with Crippen LogP contribution in [0.1, 0.15) is 33.1 Å². The Morgan fingerprint density at radius 2 is 1.76 bits per heavy atom. The summed E-state index contributed by atoms with van der Waals surface area (Å²) in [4.78, 5) is 5.17. The molecule has 0 bridgehead atoms. The molecule has 0 aromatic carbocycles. The quantitative estimate of drug-likeness (QED) is 0.786. The zero-order valence-electron chi connectivity index (χ0n) is 12.0. The van der Waals surface area contributed by atoms with E-state index in [1.54, 1.807) is 0 Å². The first-order chi connectivity index (χ1) is 8.02. The number of likely N-dealkylation sites (N-methyl/N-ethyl adjacent to an activating group) is 2. The summed E-state index contributed by atoms with van der Waals surface area (Å²) in [6.07, 6.45) is 4.05. The van der Waals surface area contributed by atoms with Crippen molar-refractivity contribution < 1.29 is 0 Å². The zero-order chi connectivity index (χ0) is 12.5. The molecule has 1 aliphatic heterocycles. The number of nitrogens with one attached hydrogen (secondary N) is 1. The topological polar surface area (TPSA) is 18.5 Å². The van der Waals surface area contributed by atoms with Crippen molar-refractivity contribution in [2.45, 2.75) is 45.2 Å². The van der Waals surface area contributed by atoms with E-state index in [-0.39, 0.29) is 0 Å². The summed E-state index contributed by atoms with van der Waals surface area (Å²) in [5.41, 5.74) is 0.529. The summed E-state index contributed by atoms with van der Waals surface area (Å²) in [5.74, 6) is 0. The Morgan fingerprint density at radius 1 is 1.12 bits per heavy atom. The van der Waals surface area contributed by atoms with E-state index in [4.69, 9.17) is 0 Å². The van der Waals surface area contributed by atoms with Gasteiger partial charge in [-0.3, -0.25) is 4.90 Å². The number of hydrogen-bond donors (Lipinski definition) is 1. The lowest BCUT2D eigenvalue weighted by molar-refractivity contribution is 0.0367. The molecule has 3 nitrogen and oxygen atoms in total. The van der Waals surface area contributed by atoms with Crippen molar-refractivity contribution in [1.29, 1.82) is 0 Å². The first kappa shape index (κ1) is 13.3. The van der Waals surface area contributed by atoms with Gasteiger partial charge in [0, 0.05) is 38.3 Å². The van der Waals surface area contributed by atoms with Crippen LogP contribution < -0.4 is 5.32 Å². The van der Waals surface area contributed by atoms with E-state index < -0.39 is 0 Å². The molecule has 17 heavy (non-hydrogen) atoms. The molecular weight excluding hydrogens is 210 g/mol. The minimum absolute atomic E-state index is 0.529. The van der Waals surface area contributed by atoms with Crippen LogP contribution in [0.3, 0.4) is 0 Å². The molecule has 0 aromatic rings. The van der Waals surface area contributed by atoms with E-state index in [9.17, 15) is 0 Å². The maximum atomic E-state index is 3.55. The minimum atomic E-state index is 0.529. The van der Waals surface area contributed by atoms with Gasteiger partial charge in [-0.1, -0.05) is 13.8 Å². The molecule has 1 aliphatic carbocycles. The molecule has 0 aromatic heterocycles. The fourth-order valence-electron chi connectivity index (χ4n) is 3.42. The van der Waals surface area contributed by atoms with Crippen LogP contribution >= 0.6 is 0 Å². The highest BCUT2D eigenvalue weighted by Gasteiger charge is 2.37. The van der Waals surface area contributed by atoms with E-state index in [1.165, 1.54) is 45.4 Å². The average Bonchev–Trinajstić information content (AvgIpc) is 2.29. The Balaban J connectivity index is 2.00. The predicted molar refractivity (Wildman–Crippen MR) is 73.3 cm³/mol. The summed E-state index contributed by atoms with van der Waals surface area (Å²) in [7, 11) is 4.36. The third kappa shape index (κ3) is 3.21. The van der Waals surface area contributed by atoms with Crippen LogP contribution in [-0.2, 0) is 0 Å². The van der Waals surface area contributed by atoms with Crippen molar-refractivity contribution in [2.24, 2.45) is 5.41 Å². The van der Waals surface area contributed by atoms with Gasteiger partial charge in [0.25, 0.3) is 0 Å². The van der Waals surface area contributed by atoms with Crippen LogP contribution in [0.25, 0.3) is 0 Å². The fraction of sp³-hybridized carbons (Fsp3) is 1.00. The van der Waals surface area contributed by atoms with Gasteiger partial charge in [0.15, 0.2) is 0 Å². The molecular formula is C14H29N3. The molecule has 2 unspecified atom stereocenters. The highest BCUT2D eigenvalue weighted by atomic mass is 15.3. The number of piperazine rings is 1. The lowest BCUT2D eigenvalue weighted by Gasteiger charge is -2.48. The first-order valence-electron chi connectivity index (χ1n) is 7.12. The number of hydrogen-bond acceptors (Lipinski definition) is 3. The zero-order valence-corrected chi connectivity index (χ0v) is 12.0. The SMILES string of the molecule is CNC1CCC(C)(C)CC1N1CCN(C)CC1. The van der Waals surface area contributed by atoms with Gasteiger partial charge >= 0.3 is 0 Å². The standard InChI is InChI=1S/C14H29N3/c1-14(2)6-5-12(15-3)13(11-14)17-9-7-16(4)8-10-17/h12-13,15H,5-11H2,1-4H3. The van der Waals surface area contributed by atoms with Gasteiger partial charge < -0.3 is 10.2 Å². The molecule has 1 N–H and O–H groups in total. The second-order valence-electron chi connectivity index (χ2n) is 6.71. The molecule has 100 valence electrons. The minimum Gasteiger partial charge on any atom is -0.315 e. The van der Waals surface area contributed by atoms with Gasteiger partial charge in [-0.25, -0.2) is 0 Å². The summed E-state index contributed by atoms with van der Waals surface area (Å²) in [6, 6.07) is 1.45.